The molecule has 0 aliphatic rings. The first-order valence-electron chi connectivity index (χ1n) is 3.24. The van der Waals surface area contributed by atoms with Crippen molar-refractivity contribution in [1.82, 2.24) is 4.98 Å². The van der Waals surface area contributed by atoms with Crippen LogP contribution in [0.1, 0.15) is 16.1 Å². The highest BCUT2D eigenvalue weighted by molar-refractivity contribution is 7.98. The Kier molecular flexibility index (Phi) is 2.65. The van der Waals surface area contributed by atoms with E-state index in [9.17, 15) is 4.79 Å². The van der Waals surface area contributed by atoms with Gasteiger partial charge in [0, 0.05) is 22.3 Å². The fourth-order valence-electron chi connectivity index (χ4n) is 0.876. The lowest BCUT2D eigenvalue weighted by atomic mass is 10.2. The van der Waals surface area contributed by atoms with Crippen LogP contribution in [-0.2, 0) is 0 Å². The van der Waals surface area contributed by atoms with Gasteiger partial charge in [-0.05, 0) is 19.2 Å². The second-order valence-corrected chi connectivity index (χ2v) is 2.98. The minimum Gasteiger partial charge on any atom is -0.298 e. The summed E-state index contributed by atoms with van der Waals surface area (Å²) in [7, 11) is 0. The number of carbonyl (C=O) groups excluding carboxylic acids is 1. The second-order valence-electron chi connectivity index (χ2n) is 2.13. The Morgan fingerprint density at radius 2 is 2.36 bits per heavy atom. The molecule has 0 unspecified atom stereocenters. The normalized spacial score (nSPS) is 9.64. The van der Waals surface area contributed by atoms with Gasteiger partial charge in [0.1, 0.15) is 0 Å². The fourth-order valence-corrected chi connectivity index (χ4v) is 1.49. The Bertz CT molecular complexity index is 273. The fraction of sp³-hybridized carbons (Fsp3) is 0.250. The molecule has 1 rings (SSSR count). The lowest BCUT2D eigenvalue weighted by Crippen LogP contribution is -1.92. The maximum absolute atomic E-state index is 10.6. The topological polar surface area (TPSA) is 30.0 Å². The van der Waals surface area contributed by atoms with E-state index in [4.69, 9.17) is 0 Å². The Hall–Kier alpha value is -0.830. The van der Waals surface area contributed by atoms with Crippen LogP contribution in [0.3, 0.4) is 0 Å². The molecule has 0 aromatic carbocycles. The Morgan fingerprint density at radius 1 is 1.64 bits per heavy atom. The van der Waals surface area contributed by atoms with E-state index in [0.29, 0.717) is 5.56 Å². The monoisotopic (exact) mass is 167 g/mol. The smallest absolute Gasteiger partial charge is 0.153 e. The molecule has 0 N–H and O–H groups in total. The predicted octanol–water partition coefficient (Wildman–Crippen LogP) is 1.92. The van der Waals surface area contributed by atoms with E-state index in [1.165, 1.54) is 0 Å². The van der Waals surface area contributed by atoms with Crippen molar-refractivity contribution in [2.75, 3.05) is 6.26 Å². The maximum atomic E-state index is 10.6. The maximum Gasteiger partial charge on any atom is 0.153 e. The van der Waals surface area contributed by atoms with Gasteiger partial charge in [0.25, 0.3) is 0 Å². The highest BCUT2D eigenvalue weighted by Gasteiger charge is 2.02. The molecule has 0 bridgehead atoms. The van der Waals surface area contributed by atoms with Gasteiger partial charge >= 0.3 is 0 Å². The molecular formula is C8H9NOS. The molecule has 0 amide bonds. The number of aldehydes is 1. The SMILES string of the molecule is CSc1ccnc(C)c1C=O. The summed E-state index contributed by atoms with van der Waals surface area (Å²) in [6, 6.07) is 1.85. The third-order valence-electron chi connectivity index (χ3n) is 1.49. The van der Waals surface area contributed by atoms with Crippen molar-refractivity contribution in [1.29, 1.82) is 0 Å². The van der Waals surface area contributed by atoms with E-state index < -0.39 is 0 Å². The number of aryl methyl sites for hydroxylation is 1. The summed E-state index contributed by atoms with van der Waals surface area (Å²) in [6.07, 6.45) is 4.52. The summed E-state index contributed by atoms with van der Waals surface area (Å²) >= 11 is 1.56. The molecule has 0 saturated carbocycles. The van der Waals surface area contributed by atoms with Crippen LogP contribution in [0.15, 0.2) is 17.2 Å². The molecular weight excluding hydrogens is 158 g/mol. The molecule has 0 spiro atoms. The van der Waals surface area contributed by atoms with E-state index in [1.54, 1.807) is 18.0 Å². The van der Waals surface area contributed by atoms with Gasteiger partial charge in [-0.3, -0.25) is 9.78 Å². The van der Waals surface area contributed by atoms with Gasteiger partial charge in [-0.15, -0.1) is 11.8 Å². The molecule has 0 fully saturated rings. The zero-order chi connectivity index (χ0) is 8.27. The van der Waals surface area contributed by atoms with Crippen molar-refractivity contribution in [3.63, 3.8) is 0 Å². The molecule has 1 heterocycles. The number of aromatic nitrogens is 1. The van der Waals surface area contributed by atoms with Gasteiger partial charge in [0.05, 0.1) is 0 Å². The van der Waals surface area contributed by atoms with Crippen molar-refractivity contribution < 1.29 is 4.79 Å². The van der Waals surface area contributed by atoms with Gasteiger partial charge in [0.2, 0.25) is 0 Å². The molecule has 0 atom stereocenters. The Labute approximate surface area is 70.0 Å². The number of carbonyl (C=O) groups is 1. The minimum atomic E-state index is 0.708. The average Bonchev–Trinajstić information content (AvgIpc) is 2.04. The molecule has 0 saturated heterocycles. The quantitative estimate of drug-likeness (QED) is 0.498. The zero-order valence-corrected chi connectivity index (χ0v) is 7.31. The highest BCUT2D eigenvalue weighted by Crippen LogP contribution is 2.19. The number of pyridine rings is 1. The van der Waals surface area contributed by atoms with Crippen LogP contribution in [0.2, 0.25) is 0 Å². The van der Waals surface area contributed by atoms with E-state index in [0.717, 1.165) is 16.9 Å². The Morgan fingerprint density at radius 3 is 2.82 bits per heavy atom. The minimum absolute atomic E-state index is 0.708. The molecule has 58 valence electrons. The largest absolute Gasteiger partial charge is 0.298 e. The standard InChI is InChI=1S/C8H9NOS/c1-6-7(5-10)8(11-2)3-4-9-6/h3-5H,1-2H3. The van der Waals surface area contributed by atoms with Crippen molar-refractivity contribution in [3.05, 3.63) is 23.5 Å². The highest BCUT2D eigenvalue weighted by atomic mass is 32.2. The van der Waals surface area contributed by atoms with Crippen molar-refractivity contribution >= 4 is 18.0 Å². The Balaban J connectivity index is 3.24. The van der Waals surface area contributed by atoms with Crippen LogP contribution in [0.25, 0.3) is 0 Å². The summed E-state index contributed by atoms with van der Waals surface area (Å²) in [5.41, 5.74) is 1.51. The van der Waals surface area contributed by atoms with Crippen LogP contribution in [-0.4, -0.2) is 17.5 Å². The first kappa shape index (κ1) is 8.27. The molecule has 3 heteroatoms. The van der Waals surface area contributed by atoms with Crippen molar-refractivity contribution in [2.24, 2.45) is 0 Å². The summed E-state index contributed by atoms with van der Waals surface area (Å²) in [5, 5.41) is 0. The van der Waals surface area contributed by atoms with Gasteiger partial charge < -0.3 is 0 Å². The number of hydrogen-bond donors (Lipinski definition) is 0. The summed E-state index contributed by atoms with van der Waals surface area (Å²) in [4.78, 5) is 15.6. The number of nitrogens with zero attached hydrogens (tertiary/aromatic N) is 1. The van der Waals surface area contributed by atoms with Crippen LogP contribution in [0.5, 0.6) is 0 Å². The van der Waals surface area contributed by atoms with Gasteiger partial charge in [0.15, 0.2) is 6.29 Å². The van der Waals surface area contributed by atoms with E-state index in [1.807, 2.05) is 19.2 Å². The zero-order valence-electron chi connectivity index (χ0n) is 6.50. The molecule has 0 radical (unpaired) electrons. The van der Waals surface area contributed by atoms with E-state index in [-0.39, 0.29) is 0 Å². The molecule has 11 heavy (non-hydrogen) atoms. The van der Waals surface area contributed by atoms with Crippen molar-refractivity contribution in [2.45, 2.75) is 11.8 Å². The predicted molar refractivity (Wildman–Crippen MR) is 46.1 cm³/mol. The van der Waals surface area contributed by atoms with Crippen LogP contribution < -0.4 is 0 Å². The van der Waals surface area contributed by atoms with E-state index >= 15 is 0 Å². The van der Waals surface area contributed by atoms with Crippen LogP contribution in [0.4, 0.5) is 0 Å². The van der Waals surface area contributed by atoms with E-state index in [2.05, 4.69) is 4.98 Å². The average molecular weight is 167 g/mol. The molecule has 0 aliphatic carbocycles. The first-order chi connectivity index (χ1) is 5.29. The molecule has 1 aromatic rings. The van der Waals surface area contributed by atoms with Gasteiger partial charge in [-0.1, -0.05) is 0 Å². The number of hydrogen-bond acceptors (Lipinski definition) is 3. The number of rotatable bonds is 2. The molecule has 2 nitrogen and oxygen atoms in total. The third-order valence-corrected chi connectivity index (χ3v) is 2.28. The van der Waals surface area contributed by atoms with Crippen LogP contribution in [0, 0.1) is 6.92 Å². The van der Waals surface area contributed by atoms with Crippen LogP contribution >= 0.6 is 11.8 Å². The molecule has 1 aromatic heterocycles. The summed E-state index contributed by atoms with van der Waals surface area (Å²) in [6.45, 7) is 1.84. The third kappa shape index (κ3) is 1.60. The first-order valence-corrected chi connectivity index (χ1v) is 4.47. The van der Waals surface area contributed by atoms with Gasteiger partial charge in [-0.2, -0.15) is 0 Å². The number of thioether (sulfide) groups is 1. The molecule has 0 aliphatic heterocycles. The second kappa shape index (κ2) is 3.53. The van der Waals surface area contributed by atoms with Gasteiger partial charge in [-0.25, -0.2) is 0 Å². The van der Waals surface area contributed by atoms with Crippen molar-refractivity contribution in [3.8, 4) is 0 Å². The lowest BCUT2D eigenvalue weighted by Gasteiger charge is -2.01. The lowest BCUT2D eigenvalue weighted by molar-refractivity contribution is 0.112. The summed E-state index contributed by atoms with van der Waals surface area (Å²) in [5.74, 6) is 0. The summed E-state index contributed by atoms with van der Waals surface area (Å²) < 4.78 is 0.